The molecule has 0 spiro atoms. The molecule has 1 N–H and O–H groups in total. The van der Waals surface area contributed by atoms with Gasteiger partial charge in [-0.2, -0.15) is 5.26 Å². The van der Waals surface area contributed by atoms with Crippen molar-refractivity contribution < 1.29 is 0 Å². The van der Waals surface area contributed by atoms with E-state index in [1.54, 1.807) is 0 Å². The van der Waals surface area contributed by atoms with Crippen LogP contribution in [0.25, 0.3) is 10.9 Å². The van der Waals surface area contributed by atoms with Crippen LogP contribution in [-0.2, 0) is 6.42 Å². The van der Waals surface area contributed by atoms with Crippen molar-refractivity contribution in [3.8, 4) is 6.07 Å². The fourth-order valence-corrected chi connectivity index (χ4v) is 2.70. The van der Waals surface area contributed by atoms with Gasteiger partial charge in [0, 0.05) is 23.6 Å². The molecule has 3 heteroatoms. The summed E-state index contributed by atoms with van der Waals surface area (Å²) in [5, 5.41) is 10.2. The maximum Gasteiger partial charge on any atom is 0.0991 e. The molecule has 0 saturated heterocycles. The molecular weight excluding hydrogens is 246 g/mol. The van der Waals surface area contributed by atoms with E-state index >= 15 is 0 Å². The summed E-state index contributed by atoms with van der Waals surface area (Å²) in [5.41, 5.74) is 3.17. The van der Waals surface area contributed by atoms with E-state index in [1.807, 2.05) is 18.2 Å². The summed E-state index contributed by atoms with van der Waals surface area (Å²) in [7, 11) is 0. The first-order chi connectivity index (χ1) is 9.78. The van der Waals surface area contributed by atoms with Crippen LogP contribution >= 0.6 is 0 Å². The van der Waals surface area contributed by atoms with Crippen molar-refractivity contribution in [3.63, 3.8) is 0 Å². The summed E-state index contributed by atoms with van der Waals surface area (Å²) in [6.45, 7) is 7.88. The summed E-state index contributed by atoms with van der Waals surface area (Å²) in [4.78, 5) is 5.82. The van der Waals surface area contributed by atoms with Crippen LogP contribution in [0.4, 0.5) is 0 Å². The highest BCUT2D eigenvalue weighted by atomic mass is 15.1. The zero-order valence-electron chi connectivity index (χ0n) is 12.4. The lowest BCUT2D eigenvalue weighted by molar-refractivity contribution is 0.278. The summed E-state index contributed by atoms with van der Waals surface area (Å²) in [6.07, 6.45) is 5.52. The molecule has 0 amide bonds. The number of aromatic nitrogens is 1. The van der Waals surface area contributed by atoms with Gasteiger partial charge in [-0.15, -0.1) is 0 Å². The van der Waals surface area contributed by atoms with Crippen molar-refractivity contribution in [1.82, 2.24) is 9.88 Å². The molecule has 0 saturated carbocycles. The third-order valence-corrected chi connectivity index (χ3v) is 3.67. The quantitative estimate of drug-likeness (QED) is 0.832. The SMILES string of the molecule is CCCN(CCC)CCc1c[nH]c2ccc(C#N)cc12. The lowest BCUT2D eigenvalue weighted by Crippen LogP contribution is -2.27. The fourth-order valence-electron chi connectivity index (χ4n) is 2.70. The average Bonchev–Trinajstić information content (AvgIpc) is 2.87. The van der Waals surface area contributed by atoms with E-state index in [-0.39, 0.29) is 0 Å². The van der Waals surface area contributed by atoms with Crippen molar-refractivity contribution in [2.24, 2.45) is 0 Å². The number of aromatic amines is 1. The molecule has 3 nitrogen and oxygen atoms in total. The lowest BCUT2D eigenvalue weighted by Gasteiger charge is -2.20. The Morgan fingerprint density at radius 1 is 1.15 bits per heavy atom. The summed E-state index contributed by atoms with van der Waals surface area (Å²) in [5.74, 6) is 0. The van der Waals surface area contributed by atoms with E-state index in [9.17, 15) is 0 Å². The number of nitrogens with one attached hydrogen (secondary N) is 1. The Bertz CT molecular complexity index is 586. The topological polar surface area (TPSA) is 42.8 Å². The van der Waals surface area contributed by atoms with Crippen molar-refractivity contribution in [1.29, 1.82) is 5.26 Å². The van der Waals surface area contributed by atoms with Gasteiger partial charge in [-0.1, -0.05) is 13.8 Å². The average molecular weight is 269 g/mol. The second-order valence-corrected chi connectivity index (χ2v) is 5.28. The molecule has 0 aliphatic carbocycles. The molecule has 0 bridgehead atoms. The van der Waals surface area contributed by atoms with Gasteiger partial charge in [0.15, 0.2) is 0 Å². The van der Waals surface area contributed by atoms with Crippen LogP contribution in [-0.4, -0.2) is 29.5 Å². The minimum absolute atomic E-state index is 0.734. The van der Waals surface area contributed by atoms with Gasteiger partial charge in [-0.3, -0.25) is 0 Å². The molecule has 0 aliphatic rings. The molecule has 106 valence electrons. The molecule has 0 atom stereocenters. The predicted octanol–water partition coefficient (Wildman–Crippen LogP) is 3.70. The van der Waals surface area contributed by atoms with E-state index in [0.29, 0.717) is 0 Å². The second-order valence-electron chi connectivity index (χ2n) is 5.28. The van der Waals surface area contributed by atoms with E-state index < -0.39 is 0 Å². The number of H-pyrrole nitrogens is 1. The highest BCUT2D eigenvalue weighted by molar-refractivity contribution is 5.84. The first-order valence-corrected chi connectivity index (χ1v) is 7.51. The molecule has 20 heavy (non-hydrogen) atoms. The van der Waals surface area contributed by atoms with Crippen LogP contribution in [0, 0.1) is 11.3 Å². The fraction of sp³-hybridized carbons (Fsp3) is 0.471. The number of hydrogen-bond acceptors (Lipinski definition) is 2. The van der Waals surface area contributed by atoms with E-state index in [2.05, 4.69) is 36.0 Å². The normalized spacial score (nSPS) is 11.1. The number of nitrogens with zero attached hydrogens (tertiary/aromatic N) is 2. The third-order valence-electron chi connectivity index (χ3n) is 3.67. The van der Waals surface area contributed by atoms with Crippen molar-refractivity contribution in [2.75, 3.05) is 19.6 Å². The largest absolute Gasteiger partial charge is 0.361 e. The van der Waals surface area contributed by atoms with Crippen LogP contribution in [0.2, 0.25) is 0 Å². The second kappa shape index (κ2) is 7.12. The zero-order valence-corrected chi connectivity index (χ0v) is 12.4. The summed E-state index contributed by atoms with van der Waals surface area (Å²) >= 11 is 0. The van der Waals surface area contributed by atoms with Gasteiger partial charge < -0.3 is 9.88 Å². The van der Waals surface area contributed by atoms with Gasteiger partial charge >= 0.3 is 0 Å². The maximum atomic E-state index is 9.02. The number of hydrogen-bond donors (Lipinski definition) is 1. The monoisotopic (exact) mass is 269 g/mol. The molecule has 2 rings (SSSR count). The Kier molecular flexibility index (Phi) is 5.20. The van der Waals surface area contributed by atoms with Crippen molar-refractivity contribution in [3.05, 3.63) is 35.5 Å². The van der Waals surface area contributed by atoms with E-state index in [4.69, 9.17) is 5.26 Å². The number of rotatable bonds is 7. The Morgan fingerprint density at radius 3 is 2.55 bits per heavy atom. The maximum absolute atomic E-state index is 9.02. The Labute approximate surface area is 121 Å². The molecule has 1 aromatic carbocycles. The number of nitriles is 1. The molecular formula is C17H23N3. The van der Waals surface area contributed by atoms with E-state index in [0.717, 1.165) is 24.0 Å². The van der Waals surface area contributed by atoms with Crippen molar-refractivity contribution >= 4 is 10.9 Å². The molecule has 0 unspecified atom stereocenters. The van der Waals surface area contributed by atoms with Crippen LogP contribution in [0.3, 0.4) is 0 Å². The number of benzene rings is 1. The molecule has 0 fully saturated rings. The van der Waals surface area contributed by atoms with Crippen molar-refractivity contribution in [2.45, 2.75) is 33.1 Å². The molecule has 1 heterocycles. The van der Waals surface area contributed by atoms with Gasteiger partial charge in [0.25, 0.3) is 0 Å². The smallest absolute Gasteiger partial charge is 0.0991 e. The standard InChI is InChI=1S/C17H23N3/c1-3-8-20(9-4-2)10-7-15-13-19-17-6-5-14(12-18)11-16(15)17/h5-6,11,13,19H,3-4,7-10H2,1-2H3. The Hall–Kier alpha value is -1.79. The minimum Gasteiger partial charge on any atom is -0.361 e. The first kappa shape index (κ1) is 14.6. The highest BCUT2D eigenvalue weighted by Crippen LogP contribution is 2.20. The predicted molar refractivity (Wildman–Crippen MR) is 83.7 cm³/mol. The molecule has 2 aromatic rings. The van der Waals surface area contributed by atoms with Gasteiger partial charge in [0.2, 0.25) is 0 Å². The van der Waals surface area contributed by atoms with Crippen LogP contribution < -0.4 is 0 Å². The molecule has 0 aliphatic heterocycles. The minimum atomic E-state index is 0.734. The van der Waals surface area contributed by atoms with Gasteiger partial charge in [-0.25, -0.2) is 0 Å². The third kappa shape index (κ3) is 3.40. The van der Waals surface area contributed by atoms with Gasteiger partial charge in [0.05, 0.1) is 11.6 Å². The van der Waals surface area contributed by atoms with Crippen LogP contribution in [0.1, 0.15) is 37.8 Å². The van der Waals surface area contributed by atoms with Crippen LogP contribution in [0.15, 0.2) is 24.4 Å². The zero-order chi connectivity index (χ0) is 14.4. The lowest BCUT2D eigenvalue weighted by atomic mass is 10.1. The molecule has 0 radical (unpaired) electrons. The summed E-state index contributed by atoms with van der Waals surface area (Å²) in [6, 6.07) is 8.07. The van der Waals surface area contributed by atoms with Gasteiger partial charge in [0.1, 0.15) is 0 Å². The Balaban J connectivity index is 2.11. The van der Waals surface area contributed by atoms with E-state index in [1.165, 1.54) is 36.9 Å². The Morgan fingerprint density at radius 2 is 1.90 bits per heavy atom. The first-order valence-electron chi connectivity index (χ1n) is 7.51. The summed E-state index contributed by atoms with van der Waals surface area (Å²) < 4.78 is 0. The highest BCUT2D eigenvalue weighted by Gasteiger charge is 2.07. The number of fused-ring (bicyclic) bond motifs is 1. The molecule has 1 aromatic heterocycles. The van der Waals surface area contributed by atoms with Crippen LogP contribution in [0.5, 0.6) is 0 Å². The van der Waals surface area contributed by atoms with Gasteiger partial charge in [-0.05, 0) is 56.1 Å².